The molecule has 0 radical (unpaired) electrons. The maximum absolute atomic E-state index is 13.0. The second-order valence-electron chi connectivity index (χ2n) is 6.44. The van der Waals surface area contributed by atoms with Gasteiger partial charge in [-0.25, -0.2) is 4.98 Å². The van der Waals surface area contributed by atoms with Crippen LogP contribution in [0.4, 0.5) is 0 Å². The molecule has 0 atom stereocenters. The molecule has 0 unspecified atom stereocenters. The van der Waals surface area contributed by atoms with Crippen LogP contribution in [0.2, 0.25) is 5.02 Å². The molecule has 1 aliphatic heterocycles. The monoisotopic (exact) mass is 409 g/mol. The second-order valence-corrected chi connectivity index (χ2v) is 7.82. The summed E-state index contributed by atoms with van der Waals surface area (Å²) in [6.07, 6.45) is 2.83. The molecule has 3 rings (SSSR count). The molecule has 2 aromatic rings. The van der Waals surface area contributed by atoms with Crippen LogP contribution in [0.3, 0.4) is 0 Å². The molecular weight excluding hydrogens is 386 g/mol. The first-order chi connectivity index (χ1) is 13.1. The number of carbonyl (C=O) groups excluding carboxylic acids is 1. The zero-order chi connectivity index (χ0) is 19.2. The fourth-order valence-corrected chi connectivity index (χ4v) is 4.23. The highest BCUT2D eigenvalue weighted by Crippen LogP contribution is 2.21. The highest BCUT2D eigenvalue weighted by molar-refractivity contribution is 7.99. The van der Waals surface area contributed by atoms with Crippen molar-refractivity contribution in [3.63, 3.8) is 0 Å². The van der Waals surface area contributed by atoms with Crippen molar-refractivity contribution in [1.29, 1.82) is 0 Å². The molecule has 146 valence electrons. The molecule has 1 aromatic carbocycles. The average Bonchev–Trinajstić information content (AvgIpc) is 3.19. The lowest BCUT2D eigenvalue weighted by Crippen LogP contribution is -2.30. The highest BCUT2D eigenvalue weighted by Gasteiger charge is 2.19. The lowest BCUT2D eigenvalue weighted by atomic mass is 10.2. The first-order valence-corrected chi connectivity index (χ1v) is 10.6. The number of nitrogens with zero attached hydrogens (tertiary/aromatic N) is 3. The average molecular weight is 410 g/mol. The number of thioether (sulfide) groups is 1. The van der Waals surface area contributed by atoms with Gasteiger partial charge in [-0.2, -0.15) is 0 Å². The first kappa shape index (κ1) is 20.2. The number of fused-ring (bicyclic) bond motifs is 1. The molecule has 0 N–H and O–H groups in total. The summed E-state index contributed by atoms with van der Waals surface area (Å²) in [5.74, 6) is 0.378. The Morgan fingerprint density at radius 1 is 1.33 bits per heavy atom. The van der Waals surface area contributed by atoms with E-state index in [4.69, 9.17) is 16.3 Å². The largest absolute Gasteiger partial charge is 0.382 e. The Balaban J connectivity index is 1.84. The Labute approximate surface area is 167 Å². The predicted octanol–water partition coefficient (Wildman–Crippen LogP) is 3.19. The number of halogens is 1. The Bertz CT molecular complexity index is 865. The summed E-state index contributed by atoms with van der Waals surface area (Å²) < 4.78 is 7.03. The van der Waals surface area contributed by atoms with E-state index < -0.39 is 0 Å². The molecule has 1 saturated heterocycles. The third kappa shape index (κ3) is 5.03. The highest BCUT2D eigenvalue weighted by atomic mass is 35.5. The van der Waals surface area contributed by atoms with Crippen LogP contribution in [0.5, 0.6) is 0 Å². The van der Waals surface area contributed by atoms with E-state index in [0.29, 0.717) is 47.3 Å². The molecular formula is C19H24ClN3O3S. The van der Waals surface area contributed by atoms with Crippen LogP contribution in [0.15, 0.2) is 28.2 Å². The van der Waals surface area contributed by atoms with Gasteiger partial charge in [-0.05, 0) is 44.4 Å². The van der Waals surface area contributed by atoms with Gasteiger partial charge in [0.1, 0.15) is 0 Å². The predicted molar refractivity (Wildman–Crippen MR) is 109 cm³/mol. The van der Waals surface area contributed by atoms with E-state index in [2.05, 4.69) is 4.98 Å². The zero-order valence-electron chi connectivity index (χ0n) is 15.4. The molecule has 0 bridgehead atoms. The van der Waals surface area contributed by atoms with E-state index >= 15 is 0 Å². The van der Waals surface area contributed by atoms with E-state index in [1.807, 2.05) is 11.8 Å². The van der Waals surface area contributed by atoms with Crippen LogP contribution in [0, 0.1) is 0 Å². The zero-order valence-corrected chi connectivity index (χ0v) is 17.0. The van der Waals surface area contributed by atoms with Crippen LogP contribution in [0.1, 0.15) is 26.2 Å². The molecule has 0 aliphatic carbocycles. The van der Waals surface area contributed by atoms with E-state index in [1.165, 1.54) is 11.8 Å². The van der Waals surface area contributed by atoms with Gasteiger partial charge in [0.05, 0.1) is 16.7 Å². The topological polar surface area (TPSA) is 64.4 Å². The molecule has 0 saturated carbocycles. The number of likely N-dealkylation sites (tertiary alicyclic amines) is 1. The van der Waals surface area contributed by atoms with Crippen molar-refractivity contribution >= 4 is 40.2 Å². The molecule has 1 aliphatic rings. The van der Waals surface area contributed by atoms with Crippen molar-refractivity contribution in [1.82, 2.24) is 14.5 Å². The Morgan fingerprint density at radius 3 is 2.85 bits per heavy atom. The van der Waals surface area contributed by atoms with E-state index in [1.54, 1.807) is 22.8 Å². The van der Waals surface area contributed by atoms with Crippen molar-refractivity contribution in [3.05, 3.63) is 33.6 Å². The molecule has 2 heterocycles. The van der Waals surface area contributed by atoms with Gasteiger partial charge in [-0.3, -0.25) is 14.2 Å². The van der Waals surface area contributed by atoms with Crippen LogP contribution in [-0.2, 0) is 16.1 Å². The molecule has 6 nitrogen and oxygen atoms in total. The fourth-order valence-electron chi connectivity index (χ4n) is 3.13. The number of carbonyl (C=O) groups is 1. The third-order valence-electron chi connectivity index (χ3n) is 4.54. The fraction of sp³-hybridized carbons (Fsp3) is 0.526. The van der Waals surface area contributed by atoms with Gasteiger partial charge in [0, 0.05) is 37.9 Å². The smallest absolute Gasteiger partial charge is 0.262 e. The number of rotatable bonds is 8. The van der Waals surface area contributed by atoms with Crippen molar-refractivity contribution in [2.24, 2.45) is 0 Å². The van der Waals surface area contributed by atoms with Crippen molar-refractivity contribution in [3.8, 4) is 0 Å². The minimum absolute atomic E-state index is 0.0961. The Morgan fingerprint density at radius 2 is 2.11 bits per heavy atom. The van der Waals surface area contributed by atoms with Gasteiger partial charge in [-0.15, -0.1) is 0 Å². The quantitative estimate of drug-likeness (QED) is 0.380. The van der Waals surface area contributed by atoms with Gasteiger partial charge in [0.25, 0.3) is 5.56 Å². The molecule has 1 fully saturated rings. The number of hydrogen-bond acceptors (Lipinski definition) is 5. The minimum Gasteiger partial charge on any atom is -0.382 e. The number of hydrogen-bond donors (Lipinski definition) is 0. The van der Waals surface area contributed by atoms with E-state index in [9.17, 15) is 9.59 Å². The van der Waals surface area contributed by atoms with Crippen molar-refractivity contribution in [2.75, 3.05) is 32.1 Å². The summed E-state index contributed by atoms with van der Waals surface area (Å²) >= 11 is 7.38. The lowest BCUT2D eigenvalue weighted by molar-refractivity contribution is -0.127. The van der Waals surface area contributed by atoms with Gasteiger partial charge in [0.2, 0.25) is 5.91 Å². The second kappa shape index (κ2) is 9.57. The normalized spacial score (nSPS) is 14.2. The summed E-state index contributed by atoms with van der Waals surface area (Å²) in [7, 11) is 0. The Kier molecular flexibility index (Phi) is 7.15. The summed E-state index contributed by atoms with van der Waals surface area (Å²) in [4.78, 5) is 31.8. The van der Waals surface area contributed by atoms with Crippen molar-refractivity contribution < 1.29 is 9.53 Å². The molecule has 8 heteroatoms. The molecule has 1 aromatic heterocycles. The Hall–Kier alpha value is -1.57. The standard InChI is InChI=1S/C19H24ClN3O3S/c1-2-26-11-5-10-23-18(25)15-7-6-14(20)12-16(15)21-19(23)27-13-17(24)22-8-3-4-9-22/h6-7,12H,2-5,8-11,13H2,1H3. The number of ether oxygens (including phenoxy) is 1. The number of benzene rings is 1. The van der Waals surface area contributed by atoms with Crippen LogP contribution < -0.4 is 5.56 Å². The van der Waals surface area contributed by atoms with Crippen LogP contribution >= 0.6 is 23.4 Å². The minimum atomic E-state index is -0.107. The van der Waals surface area contributed by atoms with E-state index in [-0.39, 0.29) is 17.2 Å². The van der Waals surface area contributed by atoms with Gasteiger partial charge >= 0.3 is 0 Å². The summed E-state index contributed by atoms with van der Waals surface area (Å²) in [6, 6.07) is 5.09. The maximum Gasteiger partial charge on any atom is 0.262 e. The van der Waals surface area contributed by atoms with Gasteiger partial charge < -0.3 is 9.64 Å². The number of aromatic nitrogens is 2. The SMILES string of the molecule is CCOCCCn1c(SCC(=O)N2CCCC2)nc2cc(Cl)ccc2c1=O. The maximum atomic E-state index is 13.0. The number of amides is 1. The molecule has 1 amide bonds. The molecule has 0 spiro atoms. The summed E-state index contributed by atoms with van der Waals surface area (Å²) in [5.41, 5.74) is 0.453. The first-order valence-electron chi connectivity index (χ1n) is 9.28. The third-order valence-corrected chi connectivity index (χ3v) is 5.74. The van der Waals surface area contributed by atoms with Crippen LogP contribution in [0.25, 0.3) is 10.9 Å². The lowest BCUT2D eigenvalue weighted by Gasteiger charge is -2.16. The summed E-state index contributed by atoms with van der Waals surface area (Å²) in [6.45, 7) is 5.32. The van der Waals surface area contributed by atoms with Crippen LogP contribution in [-0.4, -0.2) is 52.4 Å². The molecule has 27 heavy (non-hydrogen) atoms. The summed E-state index contributed by atoms with van der Waals surface area (Å²) in [5, 5.41) is 1.62. The van der Waals surface area contributed by atoms with Gasteiger partial charge in [-0.1, -0.05) is 23.4 Å². The van der Waals surface area contributed by atoms with Crippen molar-refractivity contribution in [2.45, 2.75) is 37.9 Å². The van der Waals surface area contributed by atoms with E-state index in [0.717, 1.165) is 25.9 Å². The van der Waals surface area contributed by atoms with Gasteiger partial charge in [0.15, 0.2) is 5.16 Å².